The van der Waals surface area contributed by atoms with Crippen molar-refractivity contribution in [1.29, 1.82) is 0 Å². The van der Waals surface area contributed by atoms with Gasteiger partial charge in [-0.2, -0.15) is 0 Å². The van der Waals surface area contributed by atoms with Crippen molar-refractivity contribution in [3.05, 3.63) is 45.9 Å². The highest BCUT2D eigenvalue weighted by Gasteiger charge is 2.24. The Morgan fingerprint density at radius 1 is 1.32 bits per heavy atom. The van der Waals surface area contributed by atoms with Gasteiger partial charge < -0.3 is 15.4 Å². The van der Waals surface area contributed by atoms with Gasteiger partial charge in [0.1, 0.15) is 5.75 Å². The van der Waals surface area contributed by atoms with Crippen molar-refractivity contribution < 1.29 is 4.74 Å². The summed E-state index contributed by atoms with van der Waals surface area (Å²) in [5.74, 6) is 1.71. The lowest BCUT2D eigenvalue weighted by molar-refractivity contribution is 0.245. The molecule has 1 unspecified atom stereocenters. The van der Waals surface area contributed by atoms with Crippen LogP contribution in [0.1, 0.15) is 42.1 Å². The first-order chi connectivity index (χ1) is 13.7. The number of guanidine groups is 1. The minimum Gasteiger partial charge on any atom is -0.497 e. The number of aliphatic imine (C=N–C) groups is 1. The van der Waals surface area contributed by atoms with Gasteiger partial charge in [0.25, 0.3) is 0 Å². The van der Waals surface area contributed by atoms with E-state index >= 15 is 0 Å². The highest BCUT2D eigenvalue weighted by molar-refractivity contribution is 7.09. The van der Waals surface area contributed by atoms with E-state index in [-0.39, 0.29) is 0 Å². The number of ether oxygens (including phenoxy) is 1. The Labute approximate surface area is 172 Å². The second-order valence-corrected chi connectivity index (χ2v) is 7.87. The third-order valence-corrected chi connectivity index (χ3v) is 6.13. The SMILES string of the molecule is CCc1nc(CNC(=NC)NCC(c2cccc(OC)c2)N2CCCC2)cs1. The van der Waals surface area contributed by atoms with Gasteiger partial charge in [-0.1, -0.05) is 19.1 Å². The Hall–Kier alpha value is -2.12. The summed E-state index contributed by atoms with van der Waals surface area (Å²) in [6.07, 6.45) is 3.50. The maximum absolute atomic E-state index is 5.43. The van der Waals surface area contributed by atoms with E-state index in [1.54, 1.807) is 18.4 Å². The van der Waals surface area contributed by atoms with Crippen molar-refractivity contribution in [3.63, 3.8) is 0 Å². The number of benzene rings is 1. The first-order valence-electron chi connectivity index (χ1n) is 9.99. The van der Waals surface area contributed by atoms with Crippen LogP contribution in [0.25, 0.3) is 0 Å². The summed E-state index contributed by atoms with van der Waals surface area (Å²) in [6, 6.07) is 8.68. The van der Waals surface area contributed by atoms with Crippen LogP contribution in [0.5, 0.6) is 5.75 Å². The summed E-state index contributed by atoms with van der Waals surface area (Å²) >= 11 is 1.71. The summed E-state index contributed by atoms with van der Waals surface area (Å²) in [7, 11) is 3.53. The van der Waals surface area contributed by atoms with Crippen LogP contribution in [0.4, 0.5) is 0 Å². The minimum atomic E-state index is 0.294. The summed E-state index contributed by atoms with van der Waals surface area (Å²) in [4.78, 5) is 11.5. The van der Waals surface area contributed by atoms with Crippen molar-refractivity contribution in [2.75, 3.05) is 33.8 Å². The van der Waals surface area contributed by atoms with Gasteiger partial charge in [-0.15, -0.1) is 11.3 Å². The fraction of sp³-hybridized carbons (Fsp3) is 0.524. The number of aryl methyl sites for hydroxylation is 1. The Bertz CT molecular complexity index is 770. The largest absolute Gasteiger partial charge is 0.497 e. The first-order valence-corrected chi connectivity index (χ1v) is 10.9. The Kier molecular flexibility index (Phi) is 7.68. The van der Waals surface area contributed by atoms with Gasteiger partial charge in [0.15, 0.2) is 5.96 Å². The van der Waals surface area contributed by atoms with Crippen molar-refractivity contribution in [2.24, 2.45) is 4.99 Å². The van der Waals surface area contributed by atoms with E-state index in [0.717, 1.165) is 43.5 Å². The van der Waals surface area contributed by atoms with Gasteiger partial charge in [-0.3, -0.25) is 9.89 Å². The normalized spacial score (nSPS) is 16.2. The molecule has 3 rings (SSSR count). The molecule has 152 valence electrons. The van der Waals surface area contributed by atoms with E-state index in [2.05, 4.69) is 56.0 Å². The topological polar surface area (TPSA) is 61.8 Å². The van der Waals surface area contributed by atoms with Gasteiger partial charge in [0.05, 0.1) is 30.4 Å². The summed E-state index contributed by atoms with van der Waals surface area (Å²) in [5.41, 5.74) is 2.34. The number of hydrogen-bond acceptors (Lipinski definition) is 5. The van der Waals surface area contributed by atoms with Crippen LogP contribution in [0, 0.1) is 0 Å². The number of aromatic nitrogens is 1. The fourth-order valence-electron chi connectivity index (χ4n) is 3.54. The molecule has 7 heteroatoms. The molecule has 0 radical (unpaired) electrons. The molecule has 0 spiro atoms. The predicted molar refractivity (Wildman–Crippen MR) is 116 cm³/mol. The third kappa shape index (κ3) is 5.45. The highest BCUT2D eigenvalue weighted by atomic mass is 32.1. The second-order valence-electron chi connectivity index (χ2n) is 6.93. The first kappa shape index (κ1) is 20.6. The molecular formula is C21H31N5OS. The lowest BCUT2D eigenvalue weighted by atomic mass is 10.1. The number of rotatable bonds is 8. The molecule has 1 fully saturated rings. The van der Waals surface area contributed by atoms with E-state index in [1.165, 1.54) is 23.4 Å². The molecule has 0 amide bonds. The quantitative estimate of drug-likeness (QED) is 0.525. The summed E-state index contributed by atoms with van der Waals surface area (Å²) < 4.78 is 5.43. The molecule has 0 bridgehead atoms. The van der Waals surface area contributed by atoms with E-state index in [1.807, 2.05) is 13.1 Å². The molecule has 28 heavy (non-hydrogen) atoms. The number of methoxy groups -OCH3 is 1. The van der Waals surface area contributed by atoms with Gasteiger partial charge in [0, 0.05) is 19.0 Å². The highest BCUT2D eigenvalue weighted by Crippen LogP contribution is 2.27. The van der Waals surface area contributed by atoms with Crippen LogP contribution in [0.2, 0.25) is 0 Å². The fourth-order valence-corrected chi connectivity index (χ4v) is 4.29. The number of hydrogen-bond donors (Lipinski definition) is 2. The number of nitrogens with one attached hydrogen (secondary N) is 2. The molecule has 1 atom stereocenters. The molecule has 0 saturated carbocycles. The van der Waals surface area contributed by atoms with E-state index < -0.39 is 0 Å². The second kappa shape index (κ2) is 10.4. The number of nitrogens with zero attached hydrogens (tertiary/aromatic N) is 3. The monoisotopic (exact) mass is 401 g/mol. The van der Waals surface area contributed by atoms with E-state index in [9.17, 15) is 0 Å². The summed E-state index contributed by atoms with van der Waals surface area (Å²) in [6.45, 7) is 5.88. The average Bonchev–Trinajstić information content (AvgIpc) is 3.42. The van der Waals surface area contributed by atoms with Crippen molar-refractivity contribution in [3.8, 4) is 5.75 Å². The molecular weight excluding hydrogens is 370 g/mol. The Morgan fingerprint density at radius 2 is 2.14 bits per heavy atom. The minimum absolute atomic E-state index is 0.294. The van der Waals surface area contributed by atoms with Crippen LogP contribution < -0.4 is 15.4 Å². The van der Waals surface area contributed by atoms with Gasteiger partial charge in [-0.05, 0) is 50.0 Å². The van der Waals surface area contributed by atoms with E-state index in [4.69, 9.17) is 4.74 Å². The van der Waals surface area contributed by atoms with Crippen LogP contribution in [-0.4, -0.2) is 49.6 Å². The Morgan fingerprint density at radius 3 is 2.82 bits per heavy atom. The van der Waals surface area contributed by atoms with Crippen molar-refractivity contribution in [1.82, 2.24) is 20.5 Å². The summed E-state index contributed by atoms with van der Waals surface area (Å²) in [5, 5.41) is 10.2. The number of thiazole rings is 1. The zero-order valence-corrected chi connectivity index (χ0v) is 17.9. The molecule has 1 saturated heterocycles. The number of likely N-dealkylation sites (tertiary alicyclic amines) is 1. The lowest BCUT2D eigenvalue weighted by Crippen LogP contribution is -2.42. The molecule has 1 aliphatic heterocycles. The van der Waals surface area contributed by atoms with Crippen LogP contribution in [0.15, 0.2) is 34.6 Å². The maximum atomic E-state index is 5.43. The molecule has 2 heterocycles. The zero-order chi connectivity index (χ0) is 19.8. The van der Waals surface area contributed by atoms with Crippen LogP contribution in [-0.2, 0) is 13.0 Å². The molecule has 1 aliphatic rings. The molecule has 6 nitrogen and oxygen atoms in total. The standard InChI is InChI=1S/C21H31N5OS/c1-4-20-25-17(15-28-20)13-23-21(22-2)24-14-19(26-10-5-6-11-26)16-8-7-9-18(12-16)27-3/h7-9,12,15,19H,4-6,10-11,13-14H2,1-3H3,(H2,22,23,24). The average molecular weight is 402 g/mol. The Balaban J connectivity index is 1.62. The van der Waals surface area contributed by atoms with Gasteiger partial charge in [0.2, 0.25) is 0 Å². The van der Waals surface area contributed by atoms with Gasteiger partial charge >= 0.3 is 0 Å². The van der Waals surface area contributed by atoms with Gasteiger partial charge in [-0.25, -0.2) is 4.98 Å². The van der Waals surface area contributed by atoms with Crippen molar-refractivity contribution >= 4 is 17.3 Å². The van der Waals surface area contributed by atoms with E-state index in [0.29, 0.717) is 12.6 Å². The molecule has 2 aromatic rings. The van der Waals surface area contributed by atoms with Crippen molar-refractivity contribution in [2.45, 2.75) is 38.8 Å². The molecule has 1 aromatic heterocycles. The molecule has 1 aromatic carbocycles. The molecule has 2 N–H and O–H groups in total. The zero-order valence-electron chi connectivity index (χ0n) is 17.1. The third-order valence-electron chi connectivity index (χ3n) is 5.09. The van der Waals surface area contributed by atoms with Crippen LogP contribution >= 0.6 is 11.3 Å². The maximum Gasteiger partial charge on any atom is 0.191 e. The smallest absolute Gasteiger partial charge is 0.191 e. The molecule has 0 aliphatic carbocycles. The lowest BCUT2D eigenvalue weighted by Gasteiger charge is -2.29. The predicted octanol–water partition coefficient (Wildman–Crippen LogP) is 3.22. The van der Waals surface area contributed by atoms with Crippen LogP contribution in [0.3, 0.4) is 0 Å².